The van der Waals surface area contributed by atoms with E-state index in [1.54, 1.807) is 22.2 Å². The number of amides is 2. The highest BCUT2D eigenvalue weighted by Crippen LogP contribution is 2.49. The van der Waals surface area contributed by atoms with Crippen LogP contribution in [-0.2, 0) is 9.59 Å². The van der Waals surface area contributed by atoms with Crippen molar-refractivity contribution in [3.05, 3.63) is 69.7 Å². The van der Waals surface area contributed by atoms with E-state index >= 15 is 0 Å². The number of benzene rings is 2. The molecule has 4 rings (SSSR count). The second-order valence-electron chi connectivity index (χ2n) is 5.85. The first-order chi connectivity index (χ1) is 12.6. The zero-order valence-electron chi connectivity index (χ0n) is 13.5. The minimum atomic E-state index is -0.330. The number of hydrazine groups is 1. The third-order valence-corrected chi connectivity index (χ3v) is 7.31. The maximum atomic E-state index is 12.7. The van der Waals surface area contributed by atoms with Crippen molar-refractivity contribution in [2.75, 3.05) is 11.5 Å². The molecule has 2 fully saturated rings. The largest absolute Gasteiger partial charge is 0.272 e. The molecule has 2 aromatic carbocycles. The lowest BCUT2D eigenvalue weighted by Gasteiger charge is -2.36. The predicted molar refractivity (Wildman–Crippen MR) is 107 cm³/mol. The fraction of sp³-hybridized carbons (Fsp3) is 0.222. The first-order valence-electron chi connectivity index (χ1n) is 7.94. The molecule has 0 aliphatic carbocycles. The molecule has 8 heteroatoms. The SMILES string of the molecule is O=C1CS[C@H](c2ccccc2Cl)N1N1C(=O)CS[C@H]1c1ccccc1Cl. The summed E-state index contributed by atoms with van der Waals surface area (Å²) in [5.74, 6) is 0.403. The number of thioether (sulfide) groups is 2. The lowest BCUT2D eigenvalue weighted by molar-refractivity contribution is -0.161. The quantitative estimate of drug-likeness (QED) is 0.711. The Morgan fingerprint density at radius 1 is 0.731 bits per heavy atom. The maximum Gasteiger partial charge on any atom is 0.252 e. The van der Waals surface area contributed by atoms with Crippen molar-refractivity contribution >= 4 is 58.5 Å². The number of carbonyl (C=O) groups excluding carboxylic acids is 2. The zero-order chi connectivity index (χ0) is 18.3. The Bertz CT molecular complexity index is 808. The van der Waals surface area contributed by atoms with Crippen LogP contribution < -0.4 is 0 Å². The van der Waals surface area contributed by atoms with Crippen LogP contribution in [0, 0.1) is 0 Å². The van der Waals surface area contributed by atoms with Gasteiger partial charge in [-0.1, -0.05) is 59.6 Å². The van der Waals surface area contributed by atoms with Crippen LogP contribution in [0.4, 0.5) is 0 Å². The van der Waals surface area contributed by atoms with E-state index in [4.69, 9.17) is 23.2 Å². The minimum Gasteiger partial charge on any atom is -0.272 e. The average Bonchev–Trinajstić information content (AvgIpc) is 3.18. The second kappa shape index (κ2) is 7.35. The topological polar surface area (TPSA) is 40.6 Å². The van der Waals surface area contributed by atoms with Gasteiger partial charge < -0.3 is 0 Å². The normalized spacial score (nSPS) is 23.2. The standard InChI is InChI=1S/C18H14Cl2N2O2S2/c19-13-7-3-1-5-11(13)17-21(15(23)9-25-17)22-16(24)10-26-18(22)12-6-2-4-8-14(12)20/h1-8,17-18H,9-10H2/t17-,18+. The van der Waals surface area contributed by atoms with Crippen molar-refractivity contribution in [2.45, 2.75) is 10.7 Å². The maximum absolute atomic E-state index is 12.7. The van der Waals surface area contributed by atoms with Crippen molar-refractivity contribution in [3.8, 4) is 0 Å². The number of nitrogens with zero attached hydrogens (tertiary/aromatic N) is 2. The summed E-state index contributed by atoms with van der Waals surface area (Å²) in [5.41, 5.74) is 1.65. The van der Waals surface area contributed by atoms with Crippen LogP contribution in [0.5, 0.6) is 0 Å². The second-order valence-corrected chi connectivity index (χ2v) is 8.80. The molecule has 0 aromatic heterocycles. The molecular formula is C18H14Cl2N2O2S2. The van der Waals surface area contributed by atoms with E-state index in [2.05, 4.69) is 0 Å². The molecule has 2 aliphatic heterocycles. The Hall–Kier alpha value is -1.34. The monoisotopic (exact) mass is 424 g/mol. The van der Waals surface area contributed by atoms with Crippen molar-refractivity contribution in [1.82, 2.24) is 10.0 Å². The molecule has 0 radical (unpaired) electrons. The van der Waals surface area contributed by atoms with Crippen molar-refractivity contribution in [2.24, 2.45) is 0 Å². The van der Waals surface area contributed by atoms with E-state index in [0.29, 0.717) is 21.6 Å². The Kier molecular flexibility index (Phi) is 5.10. The smallest absolute Gasteiger partial charge is 0.252 e. The summed E-state index contributed by atoms with van der Waals surface area (Å²) in [5, 5.41) is 3.62. The molecule has 0 spiro atoms. The Balaban J connectivity index is 1.75. The van der Waals surface area contributed by atoms with Crippen LogP contribution in [0.25, 0.3) is 0 Å². The molecule has 2 aromatic rings. The highest BCUT2D eigenvalue weighted by Gasteiger charge is 2.46. The molecule has 134 valence electrons. The molecule has 4 nitrogen and oxygen atoms in total. The van der Waals surface area contributed by atoms with Gasteiger partial charge in [-0.2, -0.15) is 0 Å². The highest BCUT2D eigenvalue weighted by molar-refractivity contribution is 8.01. The first kappa shape index (κ1) is 18.0. The molecule has 2 saturated heterocycles. The fourth-order valence-corrected chi connectivity index (χ4v) is 6.06. The van der Waals surface area contributed by atoms with Crippen molar-refractivity contribution in [1.29, 1.82) is 0 Å². The van der Waals surface area contributed by atoms with E-state index in [1.165, 1.54) is 23.5 Å². The molecule has 26 heavy (non-hydrogen) atoms. The summed E-state index contributed by atoms with van der Waals surface area (Å²) in [7, 11) is 0. The number of carbonyl (C=O) groups is 2. The average molecular weight is 425 g/mol. The van der Waals surface area contributed by atoms with Gasteiger partial charge in [0.05, 0.1) is 11.5 Å². The van der Waals surface area contributed by atoms with Gasteiger partial charge in [-0.05, 0) is 12.1 Å². The van der Waals surface area contributed by atoms with Gasteiger partial charge >= 0.3 is 0 Å². The number of rotatable bonds is 3. The van der Waals surface area contributed by atoms with Crippen molar-refractivity contribution in [3.63, 3.8) is 0 Å². The van der Waals surface area contributed by atoms with E-state index < -0.39 is 0 Å². The molecule has 2 amide bonds. The molecule has 2 atom stereocenters. The third-order valence-electron chi connectivity index (χ3n) is 4.26. The summed E-state index contributed by atoms with van der Waals surface area (Å²) in [6.07, 6.45) is 0. The van der Waals surface area contributed by atoms with Gasteiger partial charge in [-0.25, -0.2) is 10.0 Å². The molecule has 2 aliphatic rings. The Morgan fingerprint density at radius 2 is 1.12 bits per heavy atom. The highest BCUT2D eigenvalue weighted by atomic mass is 35.5. The summed E-state index contributed by atoms with van der Waals surface area (Å²) in [6, 6.07) is 14.8. The molecule has 2 heterocycles. The zero-order valence-corrected chi connectivity index (χ0v) is 16.6. The Labute approximate surface area is 169 Å². The lowest BCUT2D eigenvalue weighted by Crippen LogP contribution is -2.47. The van der Waals surface area contributed by atoms with Gasteiger partial charge in [0, 0.05) is 21.2 Å². The minimum absolute atomic E-state index is 0.104. The number of halogens is 2. The lowest BCUT2D eigenvalue weighted by atomic mass is 10.2. The van der Waals surface area contributed by atoms with Gasteiger partial charge in [0.15, 0.2) is 0 Å². The third kappa shape index (κ3) is 3.09. The van der Waals surface area contributed by atoms with Crippen LogP contribution in [0.1, 0.15) is 21.9 Å². The van der Waals surface area contributed by atoms with Gasteiger partial charge in [0.25, 0.3) is 11.8 Å². The summed E-state index contributed by atoms with van der Waals surface area (Å²) in [6.45, 7) is 0. The van der Waals surface area contributed by atoms with Gasteiger partial charge in [0.1, 0.15) is 10.7 Å². The molecule has 0 bridgehead atoms. The van der Waals surface area contributed by atoms with Crippen LogP contribution in [0.15, 0.2) is 48.5 Å². The summed E-state index contributed by atoms with van der Waals surface area (Å²) < 4.78 is 0. The van der Waals surface area contributed by atoms with E-state index in [1.807, 2.05) is 36.4 Å². The summed E-state index contributed by atoms with van der Waals surface area (Å²) in [4.78, 5) is 25.4. The van der Waals surface area contributed by atoms with Crippen LogP contribution >= 0.6 is 46.7 Å². The number of hydrogen-bond donors (Lipinski definition) is 0. The van der Waals surface area contributed by atoms with E-state index in [-0.39, 0.29) is 22.6 Å². The fourth-order valence-electron chi connectivity index (χ4n) is 3.10. The summed E-state index contributed by atoms with van der Waals surface area (Å²) >= 11 is 15.7. The number of hydrogen-bond acceptors (Lipinski definition) is 4. The Morgan fingerprint density at radius 3 is 1.50 bits per heavy atom. The van der Waals surface area contributed by atoms with Crippen molar-refractivity contribution < 1.29 is 9.59 Å². The van der Waals surface area contributed by atoms with E-state index in [0.717, 1.165) is 11.1 Å². The van der Waals surface area contributed by atoms with Crippen LogP contribution in [0.2, 0.25) is 10.0 Å². The van der Waals surface area contributed by atoms with Gasteiger partial charge in [-0.15, -0.1) is 23.5 Å². The van der Waals surface area contributed by atoms with Gasteiger partial charge in [0.2, 0.25) is 0 Å². The molecule has 0 saturated carbocycles. The van der Waals surface area contributed by atoms with Crippen LogP contribution in [0.3, 0.4) is 0 Å². The van der Waals surface area contributed by atoms with Gasteiger partial charge in [-0.3, -0.25) is 9.59 Å². The van der Waals surface area contributed by atoms with Crippen LogP contribution in [-0.4, -0.2) is 33.3 Å². The molecule has 0 N–H and O–H groups in total. The molecular weight excluding hydrogens is 411 g/mol. The van der Waals surface area contributed by atoms with E-state index in [9.17, 15) is 9.59 Å². The predicted octanol–water partition coefficient (Wildman–Crippen LogP) is 4.76. The first-order valence-corrected chi connectivity index (χ1v) is 10.8. The molecule has 0 unspecified atom stereocenters.